The maximum Gasteiger partial charge on any atom is 0.279 e. The van der Waals surface area contributed by atoms with Crippen molar-refractivity contribution in [3.05, 3.63) is 88.2 Å². The van der Waals surface area contributed by atoms with E-state index < -0.39 is 27.6 Å². The average molecular weight is 530 g/mol. The highest BCUT2D eigenvalue weighted by Gasteiger charge is 2.30. The summed E-state index contributed by atoms with van der Waals surface area (Å²) in [7, 11) is -2.31. The summed E-state index contributed by atoms with van der Waals surface area (Å²) in [5.41, 5.74) is 1.92. The smallest absolute Gasteiger partial charge is 0.279 e. The van der Waals surface area contributed by atoms with E-state index in [2.05, 4.69) is 4.99 Å². The highest BCUT2D eigenvalue weighted by Crippen LogP contribution is 2.32. The Labute approximate surface area is 210 Å². The zero-order valence-corrected chi connectivity index (χ0v) is 20.8. The molecule has 0 aliphatic carbocycles. The molecule has 2 heterocycles. The fraction of sp³-hybridized carbons (Fsp3) is 0.200. The summed E-state index contributed by atoms with van der Waals surface area (Å²) >= 11 is 0.981. The number of methoxy groups -OCH3 is 1. The third-order valence-corrected chi connectivity index (χ3v) is 8.80. The molecular weight excluding hydrogens is 508 g/mol. The first-order chi connectivity index (χ1) is 17.3. The highest BCUT2D eigenvalue weighted by molar-refractivity contribution is 7.92. The van der Waals surface area contributed by atoms with Gasteiger partial charge in [-0.3, -0.25) is 9.10 Å². The van der Waals surface area contributed by atoms with Crippen molar-refractivity contribution in [1.29, 1.82) is 0 Å². The van der Waals surface area contributed by atoms with Crippen LogP contribution in [0, 0.1) is 11.6 Å². The van der Waals surface area contributed by atoms with E-state index in [1.54, 1.807) is 12.1 Å². The van der Waals surface area contributed by atoms with E-state index in [0.29, 0.717) is 23.4 Å². The molecule has 0 saturated heterocycles. The summed E-state index contributed by atoms with van der Waals surface area (Å²) in [5.74, 6) is -2.12. The summed E-state index contributed by atoms with van der Waals surface area (Å²) in [6.45, 7) is 0.790. The van der Waals surface area contributed by atoms with E-state index in [1.807, 2.05) is 12.1 Å². The van der Waals surface area contributed by atoms with Crippen molar-refractivity contribution in [3.8, 4) is 0 Å². The first-order valence-electron chi connectivity index (χ1n) is 11.1. The van der Waals surface area contributed by atoms with Gasteiger partial charge in [0, 0.05) is 31.8 Å². The molecule has 0 radical (unpaired) electrons. The molecule has 0 fully saturated rings. The number of thiazole rings is 1. The van der Waals surface area contributed by atoms with Gasteiger partial charge in [0.05, 0.1) is 27.4 Å². The number of sulfonamides is 1. The molecule has 36 heavy (non-hydrogen) atoms. The molecule has 1 amide bonds. The topological polar surface area (TPSA) is 81.0 Å². The number of hydrogen-bond acceptors (Lipinski definition) is 5. The molecule has 3 aromatic carbocycles. The number of para-hydroxylation sites is 1. The fourth-order valence-electron chi connectivity index (χ4n) is 4.21. The monoisotopic (exact) mass is 529 g/mol. The Balaban J connectivity index is 1.47. The largest absolute Gasteiger partial charge is 0.383 e. The minimum atomic E-state index is -3.80. The lowest BCUT2D eigenvalue weighted by molar-refractivity contribution is 0.0997. The van der Waals surface area contributed by atoms with Gasteiger partial charge in [0.1, 0.15) is 5.82 Å². The van der Waals surface area contributed by atoms with Crippen LogP contribution in [0.15, 0.2) is 70.6 Å². The number of carbonyl (C=O) groups excluding carboxylic acids is 1. The van der Waals surface area contributed by atoms with Crippen molar-refractivity contribution in [2.75, 3.05) is 24.6 Å². The SMILES string of the molecule is COCCn1c(=NC(=O)c2ccc(S(=O)(=O)N3CCc4ccccc43)cc2)sc2cc(F)cc(F)c21. The summed E-state index contributed by atoms with van der Waals surface area (Å²) in [6, 6.07) is 14.9. The number of carbonyl (C=O) groups is 1. The number of hydrogen-bond donors (Lipinski definition) is 0. The first kappa shape index (κ1) is 24.3. The van der Waals surface area contributed by atoms with Crippen LogP contribution in [0.5, 0.6) is 0 Å². The molecule has 7 nitrogen and oxygen atoms in total. The summed E-state index contributed by atoms with van der Waals surface area (Å²) in [6.07, 6.45) is 0.633. The van der Waals surface area contributed by atoms with Crippen LogP contribution >= 0.6 is 11.3 Å². The van der Waals surface area contributed by atoms with Crippen LogP contribution in [0.2, 0.25) is 0 Å². The number of benzene rings is 3. The molecule has 1 aliphatic rings. The van der Waals surface area contributed by atoms with Crippen molar-refractivity contribution in [2.45, 2.75) is 17.9 Å². The molecule has 0 bridgehead atoms. The van der Waals surface area contributed by atoms with Crippen molar-refractivity contribution in [1.82, 2.24) is 4.57 Å². The fourth-order valence-corrected chi connectivity index (χ4v) is 6.81. The van der Waals surface area contributed by atoms with E-state index in [9.17, 15) is 22.0 Å². The van der Waals surface area contributed by atoms with Crippen molar-refractivity contribution >= 4 is 43.2 Å². The molecule has 186 valence electrons. The predicted molar refractivity (Wildman–Crippen MR) is 133 cm³/mol. The molecule has 0 unspecified atom stereocenters. The van der Waals surface area contributed by atoms with Gasteiger partial charge in [-0.15, -0.1) is 0 Å². The molecule has 5 rings (SSSR count). The van der Waals surface area contributed by atoms with Crippen LogP contribution < -0.4 is 9.11 Å². The van der Waals surface area contributed by atoms with Crippen LogP contribution in [0.1, 0.15) is 15.9 Å². The van der Waals surface area contributed by atoms with Gasteiger partial charge >= 0.3 is 0 Å². The van der Waals surface area contributed by atoms with E-state index in [1.165, 1.54) is 46.3 Å². The Hall–Kier alpha value is -3.41. The number of nitrogens with zero attached hydrogens (tertiary/aromatic N) is 3. The van der Waals surface area contributed by atoms with Crippen LogP contribution in [-0.2, 0) is 27.7 Å². The van der Waals surface area contributed by atoms with Crippen LogP contribution in [0.25, 0.3) is 10.2 Å². The number of aromatic nitrogens is 1. The van der Waals surface area contributed by atoms with Crippen molar-refractivity contribution < 1.29 is 26.7 Å². The maximum atomic E-state index is 14.5. The lowest BCUT2D eigenvalue weighted by atomic mass is 10.2. The Bertz CT molecular complexity index is 1640. The molecule has 1 aromatic heterocycles. The van der Waals surface area contributed by atoms with Crippen molar-refractivity contribution in [2.24, 2.45) is 4.99 Å². The Morgan fingerprint density at radius 3 is 2.61 bits per heavy atom. The van der Waals surface area contributed by atoms with Gasteiger partial charge in [0.2, 0.25) is 0 Å². The van der Waals surface area contributed by atoms with Gasteiger partial charge in [0.25, 0.3) is 15.9 Å². The molecule has 1 aliphatic heterocycles. The van der Waals surface area contributed by atoms with Gasteiger partial charge in [-0.05, 0) is 48.4 Å². The van der Waals surface area contributed by atoms with Gasteiger partial charge < -0.3 is 9.30 Å². The zero-order chi connectivity index (χ0) is 25.4. The van der Waals surface area contributed by atoms with Crippen molar-refractivity contribution in [3.63, 3.8) is 0 Å². The van der Waals surface area contributed by atoms with Gasteiger partial charge in [-0.2, -0.15) is 4.99 Å². The molecular formula is C25H21F2N3O4S2. The number of fused-ring (bicyclic) bond motifs is 2. The van der Waals surface area contributed by atoms with Gasteiger partial charge in [-0.25, -0.2) is 17.2 Å². The molecule has 4 aromatic rings. The second-order valence-electron chi connectivity index (χ2n) is 8.16. The van der Waals surface area contributed by atoms with Crippen LogP contribution in [0.4, 0.5) is 14.5 Å². The molecule has 11 heteroatoms. The molecule has 0 saturated carbocycles. The second kappa shape index (κ2) is 9.57. The quantitative estimate of drug-likeness (QED) is 0.376. The summed E-state index contributed by atoms with van der Waals surface area (Å²) in [4.78, 5) is 17.3. The Morgan fingerprint density at radius 2 is 1.86 bits per heavy atom. The van der Waals surface area contributed by atoms with E-state index >= 15 is 0 Å². The van der Waals surface area contributed by atoms with E-state index in [-0.39, 0.29) is 33.9 Å². The molecule has 0 atom stereocenters. The highest BCUT2D eigenvalue weighted by atomic mass is 32.2. The lowest BCUT2D eigenvalue weighted by Crippen LogP contribution is -2.29. The second-order valence-corrected chi connectivity index (χ2v) is 11.0. The minimum absolute atomic E-state index is 0.0605. The number of ether oxygens (including phenoxy) is 1. The summed E-state index contributed by atoms with van der Waals surface area (Å²) in [5, 5.41) is 0. The number of rotatable bonds is 6. The van der Waals surface area contributed by atoms with Crippen LogP contribution in [-0.4, -0.2) is 39.2 Å². The predicted octanol–water partition coefficient (Wildman–Crippen LogP) is 4.12. The van der Waals surface area contributed by atoms with E-state index in [4.69, 9.17) is 4.74 Å². The Morgan fingerprint density at radius 1 is 1.11 bits per heavy atom. The van der Waals surface area contributed by atoms with E-state index in [0.717, 1.165) is 23.0 Å². The Kier molecular flexibility index (Phi) is 6.45. The third-order valence-electron chi connectivity index (χ3n) is 5.95. The first-order valence-corrected chi connectivity index (χ1v) is 13.3. The molecule has 0 N–H and O–H groups in total. The third kappa shape index (κ3) is 4.34. The zero-order valence-electron chi connectivity index (χ0n) is 19.1. The normalized spacial score (nSPS) is 14.0. The number of halogens is 2. The summed E-state index contributed by atoms with van der Waals surface area (Å²) < 4.78 is 62.9. The minimum Gasteiger partial charge on any atom is -0.383 e. The van der Waals surface area contributed by atoms with Gasteiger partial charge in [0.15, 0.2) is 10.6 Å². The number of anilines is 1. The van der Waals surface area contributed by atoms with Crippen LogP contribution in [0.3, 0.4) is 0 Å². The number of amides is 1. The average Bonchev–Trinajstić information content (AvgIpc) is 3.44. The van der Waals surface area contributed by atoms with Gasteiger partial charge in [-0.1, -0.05) is 29.5 Å². The lowest BCUT2D eigenvalue weighted by Gasteiger charge is -2.19. The maximum absolute atomic E-state index is 14.5. The molecule has 0 spiro atoms. The standard InChI is InChI=1S/C25H21F2N3O4S2/c1-34-13-12-29-23-20(27)14-18(26)15-22(23)35-25(29)28-24(31)17-6-8-19(9-7-17)36(32,33)30-11-10-16-4-2-3-5-21(16)30/h2-9,14-15H,10-13H2,1H3.